The molecule has 0 aliphatic carbocycles. The molecule has 0 unspecified atom stereocenters. The van der Waals surface area contributed by atoms with Gasteiger partial charge in [0.15, 0.2) is 12.6 Å². The second-order valence-corrected chi connectivity index (χ2v) is 14.2. The molecule has 0 heterocycles. The molecule has 0 saturated carbocycles. The molecule has 270 valence electrons. The summed E-state index contributed by atoms with van der Waals surface area (Å²) in [5.41, 5.74) is 9.23. The number of aliphatic hydroxyl groups is 2. The number of benzene rings is 2. The normalized spacial score (nSPS) is 13.0. The van der Waals surface area contributed by atoms with E-state index in [-0.39, 0.29) is 36.5 Å². The summed E-state index contributed by atoms with van der Waals surface area (Å²) in [5.74, 6) is -0.0230. The van der Waals surface area contributed by atoms with Crippen molar-refractivity contribution < 1.29 is 30.0 Å². The number of hydrogen-bond donors (Lipinski definition) is 4. The second kappa shape index (κ2) is 19.8. The van der Waals surface area contributed by atoms with Gasteiger partial charge < -0.3 is 20.4 Å². The molecular formula is C44H58O6. The highest BCUT2D eigenvalue weighted by Crippen LogP contribution is 2.45. The van der Waals surface area contributed by atoms with Crippen LogP contribution in [0.1, 0.15) is 111 Å². The van der Waals surface area contributed by atoms with Crippen LogP contribution < -0.4 is 0 Å². The van der Waals surface area contributed by atoms with E-state index < -0.39 is 0 Å². The molecule has 6 heteroatoms. The average molecular weight is 683 g/mol. The number of phenols is 2. The zero-order chi connectivity index (χ0) is 37.7. The minimum Gasteiger partial charge on any atom is -0.507 e. The molecule has 0 saturated heterocycles. The summed E-state index contributed by atoms with van der Waals surface area (Å²) in [6.07, 6.45) is 12.1. The van der Waals surface area contributed by atoms with Crippen molar-refractivity contribution in [3.63, 3.8) is 0 Å². The Kier molecular flexibility index (Phi) is 16.6. The van der Waals surface area contributed by atoms with Gasteiger partial charge in [0.05, 0.1) is 13.2 Å². The van der Waals surface area contributed by atoms with Crippen LogP contribution in [0.5, 0.6) is 11.5 Å². The molecule has 0 spiro atoms. The van der Waals surface area contributed by atoms with Crippen molar-refractivity contribution in [3.05, 3.63) is 116 Å². The van der Waals surface area contributed by atoms with E-state index in [9.17, 15) is 30.0 Å². The Morgan fingerprint density at radius 2 is 0.960 bits per heavy atom. The highest BCUT2D eigenvalue weighted by atomic mass is 16.3. The van der Waals surface area contributed by atoms with Gasteiger partial charge in [-0.1, -0.05) is 70.9 Å². The average Bonchev–Trinajstić information content (AvgIpc) is 3.07. The lowest BCUT2D eigenvalue weighted by Crippen LogP contribution is -2.11. The number of allylic oxidation sites excluding steroid dienone is 8. The number of rotatable bonds is 19. The van der Waals surface area contributed by atoms with Crippen LogP contribution in [-0.4, -0.2) is 46.2 Å². The van der Waals surface area contributed by atoms with E-state index in [0.717, 1.165) is 46.0 Å². The number of aldehydes is 2. The molecule has 0 aliphatic heterocycles. The Labute approximate surface area is 300 Å². The molecule has 0 aliphatic rings. The van der Waals surface area contributed by atoms with Crippen LogP contribution in [0.4, 0.5) is 0 Å². The third-order valence-corrected chi connectivity index (χ3v) is 9.28. The standard InChI is InChI=1S/C44H58O6/c1-27(2)11-17-39-41(37(25-47)21-35(43(39)49)19-33(29(5)6)15-13-31(9)23-45)42-38(26-48)22-36(44(50)40(42)18-12-28(3)4)20-34(30(7)8)16-14-32(10)24-46/h11-14,21-22,25-26,33-34,45-46,49-50H,5,7,15-20,23-24H2,1-4,6,8-10H3/b31-13-,32-14-/t33-,34-/m0/s1. The van der Waals surface area contributed by atoms with Crippen molar-refractivity contribution in [1.29, 1.82) is 0 Å². The Morgan fingerprint density at radius 1 is 0.620 bits per heavy atom. The van der Waals surface area contributed by atoms with Crippen molar-refractivity contribution in [1.82, 2.24) is 0 Å². The predicted octanol–water partition coefficient (Wildman–Crippen LogP) is 9.53. The smallest absolute Gasteiger partial charge is 0.150 e. The zero-order valence-electron chi connectivity index (χ0n) is 31.4. The fourth-order valence-electron chi connectivity index (χ4n) is 5.99. The first-order chi connectivity index (χ1) is 23.6. The number of aliphatic hydroxyl groups excluding tert-OH is 2. The molecule has 0 aromatic heterocycles. The fourth-order valence-corrected chi connectivity index (χ4v) is 5.99. The first-order valence-electron chi connectivity index (χ1n) is 17.4. The van der Waals surface area contributed by atoms with Crippen molar-refractivity contribution in [3.8, 4) is 22.6 Å². The third-order valence-electron chi connectivity index (χ3n) is 9.28. The van der Waals surface area contributed by atoms with Gasteiger partial charge in [-0.3, -0.25) is 9.59 Å². The summed E-state index contributed by atoms with van der Waals surface area (Å²) >= 11 is 0. The maximum absolute atomic E-state index is 13.0. The molecule has 2 rings (SSSR count). The molecule has 2 aromatic carbocycles. The van der Waals surface area contributed by atoms with E-state index in [2.05, 4.69) is 13.2 Å². The molecule has 2 aromatic rings. The van der Waals surface area contributed by atoms with Crippen molar-refractivity contribution >= 4 is 12.6 Å². The van der Waals surface area contributed by atoms with Crippen LogP contribution in [0.3, 0.4) is 0 Å². The van der Waals surface area contributed by atoms with Crippen LogP contribution >= 0.6 is 0 Å². The number of aromatic hydroxyl groups is 2. The summed E-state index contributed by atoms with van der Waals surface area (Å²) in [4.78, 5) is 26.0. The maximum atomic E-state index is 13.0. The Bertz CT molecular complexity index is 1560. The van der Waals surface area contributed by atoms with Crippen LogP contribution in [0.25, 0.3) is 11.1 Å². The monoisotopic (exact) mass is 682 g/mol. The zero-order valence-corrected chi connectivity index (χ0v) is 31.4. The van der Waals surface area contributed by atoms with Crippen molar-refractivity contribution in [2.75, 3.05) is 13.2 Å². The van der Waals surface area contributed by atoms with E-state index in [1.807, 2.05) is 79.7 Å². The minimum atomic E-state index is -0.0524. The molecule has 4 N–H and O–H groups in total. The summed E-state index contributed by atoms with van der Waals surface area (Å²) in [6, 6.07) is 3.39. The molecule has 0 amide bonds. The van der Waals surface area contributed by atoms with E-state index in [4.69, 9.17) is 0 Å². The SMILES string of the molecule is C=C(C)[C@@H](C/C=C(/C)CO)Cc1cc(C=O)c(-c2c(C=O)cc(C[C@H](C/C=C(/C)CO)C(=C)C)c(O)c2CC=C(C)C)c(CC=C(C)C)c1O. The van der Waals surface area contributed by atoms with Gasteiger partial charge >= 0.3 is 0 Å². The quantitative estimate of drug-likeness (QED) is 0.0867. The van der Waals surface area contributed by atoms with Gasteiger partial charge in [0.1, 0.15) is 11.5 Å². The molecule has 6 nitrogen and oxygen atoms in total. The Hall–Kier alpha value is -4.26. The van der Waals surface area contributed by atoms with E-state index in [1.165, 1.54) is 0 Å². The second-order valence-electron chi connectivity index (χ2n) is 14.2. The molecule has 0 bridgehead atoms. The topological polar surface area (TPSA) is 115 Å². The largest absolute Gasteiger partial charge is 0.507 e. The lowest BCUT2D eigenvalue weighted by molar-refractivity contribution is 0.111. The molecular weight excluding hydrogens is 624 g/mol. The summed E-state index contributed by atoms with van der Waals surface area (Å²) in [5, 5.41) is 43.0. The highest BCUT2D eigenvalue weighted by Gasteiger charge is 2.27. The lowest BCUT2D eigenvalue weighted by atomic mass is 9.80. The maximum Gasteiger partial charge on any atom is 0.150 e. The van der Waals surface area contributed by atoms with Gasteiger partial charge in [0.25, 0.3) is 0 Å². The van der Waals surface area contributed by atoms with E-state index in [1.54, 1.807) is 12.1 Å². The van der Waals surface area contributed by atoms with Gasteiger partial charge in [0.2, 0.25) is 0 Å². The van der Waals surface area contributed by atoms with Gasteiger partial charge in [0, 0.05) is 33.4 Å². The summed E-state index contributed by atoms with van der Waals surface area (Å²) in [6.45, 7) is 23.7. The lowest BCUT2D eigenvalue weighted by Gasteiger charge is -2.25. The highest BCUT2D eigenvalue weighted by molar-refractivity contribution is 5.99. The van der Waals surface area contributed by atoms with Crippen LogP contribution in [0, 0.1) is 11.8 Å². The van der Waals surface area contributed by atoms with E-state index in [0.29, 0.717) is 83.0 Å². The van der Waals surface area contributed by atoms with Crippen LogP contribution in [0.15, 0.2) is 83.0 Å². The fraction of sp³-hybridized carbons (Fsp3) is 0.409. The molecule has 2 atom stereocenters. The van der Waals surface area contributed by atoms with Gasteiger partial charge in [-0.25, -0.2) is 0 Å². The van der Waals surface area contributed by atoms with Gasteiger partial charge in [-0.05, 0) is 129 Å². The van der Waals surface area contributed by atoms with Gasteiger partial charge in [-0.15, -0.1) is 0 Å². The van der Waals surface area contributed by atoms with Gasteiger partial charge in [-0.2, -0.15) is 0 Å². The third kappa shape index (κ3) is 11.4. The predicted molar refractivity (Wildman–Crippen MR) is 207 cm³/mol. The molecule has 50 heavy (non-hydrogen) atoms. The number of carbonyl (C=O) groups excluding carboxylic acids is 2. The number of hydrogen-bond acceptors (Lipinski definition) is 6. The number of phenolic OH excluding ortho intramolecular Hbond substituents is 2. The summed E-state index contributed by atoms with van der Waals surface area (Å²) in [7, 11) is 0. The Morgan fingerprint density at radius 3 is 1.22 bits per heavy atom. The van der Waals surface area contributed by atoms with Crippen molar-refractivity contribution in [2.24, 2.45) is 11.8 Å². The van der Waals surface area contributed by atoms with Crippen LogP contribution in [-0.2, 0) is 25.7 Å². The number of carbonyl (C=O) groups is 2. The first kappa shape index (κ1) is 41.9. The van der Waals surface area contributed by atoms with E-state index >= 15 is 0 Å². The van der Waals surface area contributed by atoms with Crippen molar-refractivity contribution in [2.45, 2.75) is 93.9 Å². The first-order valence-corrected chi connectivity index (χ1v) is 17.4. The Balaban J connectivity index is 3.03. The minimum absolute atomic E-state index is 0.0409. The summed E-state index contributed by atoms with van der Waals surface area (Å²) < 4.78 is 0. The molecule has 0 radical (unpaired) electrons. The van der Waals surface area contributed by atoms with Crippen LogP contribution in [0.2, 0.25) is 0 Å². The molecule has 0 fully saturated rings.